The maximum atomic E-state index is 12.3. The van der Waals surface area contributed by atoms with E-state index in [1.54, 1.807) is 0 Å². The number of amides is 1. The molecule has 3 rings (SSSR count). The summed E-state index contributed by atoms with van der Waals surface area (Å²) in [6.45, 7) is 3.45. The second-order valence-electron chi connectivity index (χ2n) is 6.02. The molecule has 1 heterocycles. The number of likely N-dealkylation sites (tertiary alicyclic amines) is 1. The first kappa shape index (κ1) is 12.5. The average molecular weight is 259 g/mol. The lowest BCUT2D eigenvalue weighted by atomic mass is 9.93. The minimum Gasteiger partial charge on any atom is -0.445 e. The maximum absolute atomic E-state index is 12.3. The van der Waals surface area contributed by atoms with Gasteiger partial charge in [0.2, 0.25) is 0 Å². The third-order valence-electron chi connectivity index (χ3n) is 4.42. The first-order chi connectivity index (χ1) is 9.20. The zero-order chi connectivity index (χ0) is 13.3. The van der Waals surface area contributed by atoms with Crippen molar-refractivity contribution >= 4 is 6.09 Å². The number of carbonyl (C=O) groups excluding carboxylic acids is 1. The monoisotopic (exact) mass is 259 g/mol. The zero-order valence-electron chi connectivity index (χ0n) is 11.5. The van der Waals surface area contributed by atoms with E-state index in [1.165, 1.54) is 6.42 Å². The molecule has 1 aliphatic carbocycles. The molecule has 3 nitrogen and oxygen atoms in total. The van der Waals surface area contributed by atoms with Gasteiger partial charge in [0.25, 0.3) is 0 Å². The second kappa shape index (κ2) is 4.87. The van der Waals surface area contributed by atoms with Crippen molar-refractivity contribution in [2.24, 2.45) is 5.92 Å². The Morgan fingerprint density at radius 3 is 2.74 bits per heavy atom. The van der Waals surface area contributed by atoms with Crippen molar-refractivity contribution in [3.8, 4) is 0 Å². The number of benzene rings is 1. The van der Waals surface area contributed by atoms with Gasteiger partial charge in [-0.1, -0.05) is 37.3 Å². The molecule has 2 fully saturated rings. The summed E-state index contributed by atoms with van der Waals surface area (Å²) < 4.78 is 5.48. The van der Waals surface area contributed by atoms with Gasteiger partial charge in [0.15, 0.2) is 0 Å². The molecule has 1 aliphatic heterocycles. The lowest BCUT2D eigenvalue weighted by Gasteiger charge is -2.38. The van der Waals surface area contributed by atoms with E-state index in [9.17, 15) is 4.79 Å². The van der Waals surface area contributed by atoms with Gasteiger partial charge >= 0.3 is 6.09 Å². The van der Waals surface area contributed by atoms with E-state index in [-0.39, 0.29) is 11.6 Å². The van der Waals surface area contributed by atoms with Crippen LogP contribution in [0.1, 0.15) is 38.2 Å². The fourth-order valence-corrected chi connectivity index (χ4v) is 2.98. The molecule has 0 radical (unpaired) electrons. The summed E-state index contributed by atoms with van der Waals surface area (Å²) in [5, 5.41) is 0. The summed E-state index contributed by atoms with van der Waals surface area (Å²) in [5.41, 5.74) is 1.20. The van der Waals surface area contributed by atoms with Gasteiger partial charge in [-0.2, -0.15) is 0 Å². The standard InChI is InChI=1S/C16H21NO2/c1-13-7-8-16(9-10-16)17(11-13)15(18)19-12-14-5-3-2-4-6-14/h2-6,13H,7-12H2,1H3. The predicted octanol–water partition coefficient (Wildman–Crippen LogP) is 3.59. The lowest BCUT2D eigenvalue weighted by Crippen LogP contribution is -2.48. The lowest BCUT2D eigenvalue weighted by molar-refractivity contribution is 0.0490. The fraction of sp³-hybridized carbons (Fsp3) is 0.562. The third kappa shape index (κ3) is 2.60. The highest BCUT2D eigenvalue weighted by molar-refractivity contribution is 5.69. The molecule has 0 bridgehead atoms. The van der Waals surface area contributed by atoms with Crippen LogP contribution in [-0.4, -0.2) is 23.1 Å². The summed E-state index contributed by atoms with van der Waals surface area (Å²) in [6.07, 6.45) is 4.56. The van der Waals surface area contributed by atoms with Gasteiger partial charge in [0, 0.05) is 12.1 Å². The van der Waals surface area contributed by atoms with E-state index >= 15 is 0 Å². The Labute approximate surface area is 114 Å². The third-order valence-corrected chi connectivity index (χ3v) is 4.42. The molecular weight excluding hydrogens is 238 g/mol. The van der Waals surface area contributed by atoms with Gasteiger partial charge in [0.1, 0.15) is 6.61 Å². The smallest absolute Gasteiger partial charge is 0.410 e. The Morgan fingerprint density at radius 1 is 1.32 bits per heavy atom. The van der Waals surface area contributed by atoms with E-state index in [2.05, 4.69) is 6.92 Å². The number of piperidine rings is 1. The average Bonchev–Trinajstić information content (AvgIpc) is 3.21. The predicted molar refractivity (Wildman–Crippen MR) is 73.7 cm³/mol. The topological polar surface area (TPSA) is 29.5 Å². The van der Waals surface area contributed by atoms with Crippen LogP contribution in [0.2, 0.25) is 0 Å². The van der Waals surface area contributed by atoms with Gasteiger partial charge in [-0.3, -0.25) is 0 Å². The summed E-state index contributed by atoms with van der Waals surface area (Å²) in [5.74, 6) is 0.593. The van der Waals surface area contributed by atoms with Crippen LogP contribution >= 0.6 is 0 Å². The molecule has 1 aromatic carbocycles. The molecule has 102 valence electrons. The van der Waals surface area contributed by atoms with Crippen molar-refractivity contribution in [2.75, 3.05) is 6.54 Å². The van der Waals surface area contributed by atoms with Crippen molar-refractivity contribution in [3.63, 3.8) is 0 Å². The number of hydrogen-bond donors (Lipinski definition) is 0. The highest BCUT2D eigenvalue weighted by Gasteiger charge is 2.52. The number of carbonyl (C=O) groups is 1. The van der Waals surface area contributed by atoms with Crippen LogP contribution < -0.4 is 0 Å². The molecule has 1 saturated heterocycles. The zero-order valence-corrected chi connectivity index (χ0v) is 11.5. The van der Waals surface area contributed by atoms with Gasteiger partial charge in [-0.05, 0) is 37.2 Å². The quantitative estimate of drug-likeness (QED) is 0.812. The molecule has 0 N–H and O–H groups in total. The van der Waals surface area contributed by atoms with E-state index in [0.717, 1.165) is 31.4 Å². The van der Waals surface area contributed by atoms with Crippen molar-refractivity contribution in [2.45, 2.75) is 44.8 Å². The van der Waals surface area contributed by atoms with E-state index < -0.39 is 0 Å². The number of hydrogen-bond acceptors (Lipinski definition) is 2. The molecule has 1 aromatic rings. The molecule has 19 heavy (non-hydrogen) atoms. The van der Waals surface area contributed by atoms with Gasteiger partial charge < -0.3 is 9.64 Å². The van der Waals surface area contributed by atoms with Crippen molar-refractivity contribution < 1.29 is 9.53 Å². The Hall–Kier alpha value is -1.51. The van der Waals surface area contributed by atoms with Crippen LogP contribution in [0.25, 0.3) is 0 Å². The van der Waals surface area contributed by atoms with Gasteiger partial charge in [-0.25, -0.2) is 4.79 Å². The van der Waals surface area contributed by atoms with Crippen LogP contribution in [0, 0.1) is 5.92 Å². The molecule has 1 saturated carbocycles. The molecule has 3 heteroatoms. The molecule has 1 amide bonds. The Kier molecular flexibility index (Phi) is 3.21. The minimum atomic E-state index is -0.132. The van der Waals surface area contributed by atoms with E-state index in [0.29, 0.717) is 12.5 Å². The van der Waals surface area contributed by atoms with Crippen molar-refractivity contribution in [1.29, 1.82) is 0 Å². The maximum Gasteiger partial charge on any atom is 0.410 e. The van der Waals surface area contributed by atoms with Gasteiger partial charge in [-0.15, -0.1) is 0 Å². The number of nitrogens with zero attached hydrogens (tertiary/aromatic N) is 1. The highest BCUT2D eigenvalue weighted by Crippen LogP contribution is 2.49. The molecule has 1 unspecified atom stereocenters. The molecule has 1 atom stereocenters. The minimum absolute atomic E-state index is 0.132. The Morgan fingerprint density at radius 2 is 2.05 bits per heavy atom. The van der Waals surface area contributed by atoms with E-state index in [1.807, 2.05) is 35.2 Å². The number of ether oxygens (including phenoxy) is 1. The Balaban J connectivity index is 1.60. The highest BCUT2D eigenvalue weighted by atomic mass is 16.6. The van der Waals surface area contributed by atoms with Crippen LogP contribution in [0.4, 0.5) is 4.79 Å². The summed E-state index contributed by atoms with van der Waals surface area (Å²) in [7, 11) is 0. The van der Waals surface area contributed by atoms with Crippen LogP contribution in [0.5, 0.6) is 0 Å². The summed E-state index contributed by atoms with van der Waals surface area (Å²) in [4.78, 5) is 14.3. The Bertz CT molecular complexity index is 453. The molecule has 2 aliphatic rings. The second-order valence-corrected chi connectivity index (χ2v) is 6.02. The van der Waals surface area contributed by atoms with Crippen molar-refractivity contribution in [3.05, 3.63) is 35.9 Å². The number of rotatable bonds is 2. The SMILES string of the molecule is CC1CCC2(CC2)N(C(=O)OCc2ccccc2)C1. The summed E-state index contributed by atoms with van der Waals surface area (Å²) in [6, 6.07) is 9.87. The normalized spacial score (nSPS) is 24.3. The molecule has 1 spiro atoms. The van der Waals surface area contributed by atoms with Crippen LogP contribution in [0.15, 0.2) is 30.3 Å². The summed E-state index contributed by atoms with van der Waals surface area (Å²) >= 11 is 0. The van der Waals surface area contributed by atoms with Crippen LogP contribution in [-0.2, 0) is 11.3 Å². The molecule has 0 aromatic heterocycles. The fourth-order valence-electron chi connectivity index (χ4n) is 2.98. The first-order valence-electron chi connectivity index (χ1n) is 7.18. The largest absolute Gasteiger partial charge is 0.445 e. The van der Waals surface area contributed by atoms with Gasteiger partial charge in [0.05, 0.1) is 0 Å². The first-order valence-corrected chi connectivity index (χ1v) is 7.18. The van der Waals surface area contributed by atoms with Crippen molar-refractivity contribution in [1.82, 2.24) is 4.90 Å². The van der Waals surface area contributed by atoms with E-state index in [4.69, 9.17) is 4.74 Å². The van der Waals surface area contributed by atoms with Crippen LogP contribution in [0.3, 0.4) is 0 Å². The molecular formula is C16H21NO2.